The molecule has 4 aromatic rings. The Morgan fingerprint density at radius 1 is 1.19 bits per heavy atom. The van der Waals surface area contributed by atoms with Crippen molar-refractivity contribution in [2.45, 2.75) is 32.9 Å². The smallest absolute Gasteiger partial charge is 0.341 e. The maximum atomic E-state index is 13.3. The van der Waals surface area contributed by atoms with Gasteiger partial charge >= 0.3 is 11.7 Å². The molecule has 2 aromatic carbocycles. The van der Waals surface area contributed by atoms with Gasteiger partial charge < -0.3 is 14.8 Å². The lowest BCUT2D eigenvalue weighted by Gasteiger charge is -2.11. The third-order valence-corrected chi connectivity index (χ3v) is 6.45. The number of hydrogen-bond acceptors (Lipinski definition) is 6. The molecular weight excluding hydrogens is 593 g/mol. The van der Waals surface area contributed by atoms with Crippen molar-refractivity contribution in [3.05, 3.63) is 82.9 Å². The lowest BCUT2D eigenvalue weighted by Crippen LogP contribution is -2.40. The van der Waals surface area contributed by atoms with Crippen molar-refractivity contribution in [2.24, 2.45) is 5.11 Å². The average molecular weight is 615 g/mol. The van der Waals surface area contributed by atoms with Gasteiger partial charge in [0.15, 0.2) is 12.3 Å². The number of aromatic amines is 1. The summed E-state index contributed by atoms with van der Waals surface area (Å²) < 4.78 is 8.63. The summed E-state index contributed by atoms with van der Waals surface area (Å²) in [5.41, 5.74) is 10.3. The number of nitrogens with one attached hydrogen (secondary N) is 1. The highest BCUT2D eigenvalue weighted by Gasteiger charge is 2.18. The lowest BCUT2D eigenvalue weighted by atomic mass is 10.1. The highest BCUT2D eigenvalue weighted by molar-refractivity contribution is 14.1. The molecule has 12 nitrogen and oxygen atoms in total. The molecule has 37 heavy (non-hydrogen) atoms. The van der Waals surface area contributed by atoms with Gasteiger partial charge in [-0.15, -0.1) is 0 Å². The number of benzene rings is 2. The number of aromatic nitrogens is 4. The van der Waals surface area contributed by atoms with E-state index in [1.165, 1.54) is 9.13 Å². The molecule has 2 N–H and O–H groups in total. The van der Waals surface area contributed by atoms with Crippen molar-refractivity contribution in [2.75, 3.05) is 6.61 Å². The van der Waals surface area contributed by atoms with Gasteiger partial charge in [0, 0.05) is 27.1 Å². The van der Waals surface area contributed by atoms with E-state index < -0.39 is 23.8 Å². The molecule has 2 heterocycles. The molecule has 4 rings (SSSR count). The molecule has 0 saturated heterocycles. The molecule has 0 aliphatic rings. The van der Waals surface area contributed by atoms with Crippen LogP contribution in [0.25, 0.3) is 33.0 Å². The predicted molar refractivity (Wildman–Crippen MR) is 145 cm³/mol. The van der Waals surface area contributed by atoms with E-state index in [1.807, 2.05) is 13.0 Å². The van der Waals surface area contributed by atoms with Crippen LogP contribution in [-0.2, 0) is 24.3 Å². The first-order valence-corrected chi connectivity index (χ1v) is 12.4. The van der Waals surface area contributed by atoms with E-state index in [-0.39, 0.29) is 17.7 Å². The van der Waals surface area contributed by atoms with E-state index in [0.29, 0.717) is 42.2 Å². The number of H-pyrrole nitrogens is 1. The summed E-state index contributed by atoms with van der Waals surface area (Å²) in [4.78, 5) is 47.7. The summed E-state index contributed by atoms with van der Waals surface area (Å²) in [7, 11) is 0. The summed E-state index contributed by atoms with van der Waals surface area (Å²) in [6.07, 6.45) is 1.10. The van der Waals surface area contributed by atoms with Crippen molar-refractivity contribution < 1.29 is 14.6 Å². The molecule has 0 amide bonds. The zero-order valence-corrected chi connectivity index (χ0v) is 21.9. The van der Waals surface area contributed by atoms with Crippen LogP contribution in [0.2, 0.25) is 0 Å². The van der Waals surface area contributed by atoms with Crippen molar-refractivity contribution in [3.63, 3.8) is 0 Å². The molecule has 2 aromatic heterocycles. The van der Waals surface area contributed by atoms with Crippen molar-refractivity contribution in [1.29, 1.82) is 0 Å². The van der Waals surface area contributed by atoms with Gasteiger partial charge in [-0.25, -0.2) is 14.6 Å². The molecule has 0 fully saturated rings. The third kappa shape index (κ3) is 5.67. The summed E-state index contributed by atoms with van der Waals surface area (Å²) in [6.45, 7) is 2.03. The fourth-order valence-electron chi connectivity index (χ4n) is 3.86. The predicted octanol–water partition coefficient (Wildman–Crippen LogP) is 4.22. The number of carboxylic acids is 1. The second-order valence-electron chi connectivity index (χ2n) is 8.11. The monoisotopic (exact) mass is 615 g/mol. The summed E-state index contributed by atoms with van der Waals surface area (Å²) in [6, 6.07) is 12.0. The van der Waals surface area contributed by atoms with Crippen LogP contribution in [0, 0.1) is 3.57 Å². The summed E-state index contributed by atoms with van der Waals surface area (Å²) in [5, 5.41) is 12.4. The van der Waals surface area contributed by atoms with Gasteiger partial charge in [-0.3, -0.25) is 13.9 Å². The molecule has 0 unspecified atom stereocenters. The van der Waals surface area contributed by atoms with Gasteiger partial charge in [-0.1, -0.05) is 24.2 Å². The molecule has 0 atom stereocenters. The zero-order chi connectivity index (χ0) is 26.5. The molecule has 0 saturated carbocycles. The van der Waals surface area contributed by atoms with Gasteiger partial charge in [0.1, 0.15) is 17.1 Å². The van der Waals surface area contributed by atoms with Gasteiger partial charge in [-0.2, -0.15) is 0 Å². The van der Waals surface area contributed by atoms with E-state index in [2.05, 4.69) is 42.6 Å². The van der Waals surface area contributed by atoms with E-state index in [0.717, 1.165) is 9.13 Å². The number of aryl methyl sites for hydroxylation is 2. The molecule has 0 radical (unpaired) electrons. The second-order valence-corrected chi connectivity index (χ2v) is 9.27. The highest BCUT2D eigenvalue weighted by Crippen LogP contribution is 2.24. The Bertz CT molecular complexity index is 1630. The molecular formula is C24H22IN7O5. The fourth-order valence-corrected chi connectivity index (χ4v) is 4.54. The van der Waals surface area contributed by atoms with Crippen molar-refractivity contribution in [3.8, 4) is 17.1 Å². The first kappa shape index (κ1) is 26.0. The SMILES string of the molecule is CCCn1c(=O)n(CCc2ccc(N=[N+]=[N-])c(I)c2)c(=O)c2[nH]c(-c3ccc(OCC(=O)O)cc3)nc21. The van der Waals surface area contributed by atoms with Crippen LogP contribution in [0.1, 0.15) is 18.9 Å². The van der Waals surface area contributed by atoms with E-state index in [4.69, 9.17) is 15.4 Å². The van der Waals surface area contributed by atoms with Crippen LogP contribution in [0.4, 0.5) is 5.69 Å². The highest BCUT2D eigenvalue weighted by atomic mass is 127. The van der Waals surface area contributed by atoms with Crippen LogP contribution < -0.4 is 16.0 Å². The Morgan fingerprint density at radius 2 is 1.95 bits per heavy atom. The normalized spacial score (nSPS) is 10.9. The van der Waals surface area contributed by atoms with E-state index in [1.54, 1.807) is 36.4 Å². The topological polar surface area (TPSA) is 168 Å². The lowest BCUT2D eigenvalue weighted by molar-refractivity contribution is -0.139. The maximum absolute atomic E-state index is 13.3. The Hall–Kier alpha value is -4.10. The summed E-state index contributed by atoms with van der Waals surface area (Å²) in [5.74, 6) is -0.289. The number of azide groups is 1. The van der Waals surface area contributed by atoms with Gasteiger partial charge in [-0.05, 0) is 76.9 Å². The summed E-state index contributed by atoms with van der Waals surface area (Å²) >= 11 is 2.08. The number of nitrogens with zero attached hydrogens (tertiary/aromatic N) is 6. The van der Waals surface area contributed by atoms with Crippen LogP contribution in [0.5, 0.6) is 5.75 Å². The van der Waals surface area contributed by atoms with Crippen LogP contribution >= 0.6 is 22.6 Å². The van der Waals surface area contributed by atoms with Gasteiger partial charge in [0.25, 0.3) is 5.56 Å². The minimum absolute atomic E-state index is 0.165. The first-order chi connectivity index (χ1) is 17.8. The number of carboxylic acid groups (broad SMARTS) is 1. The second kappa shape index (κ2) is 11.3. The minimum Gasteiger partial charge on any atom is -0.482 e. The molecule has 0 aliphatic heterocycles. The van der Waals surface area contributed by atoms with E-state index in [9.17, 15) is 14.4 Å². The van der Waals surface area contributed by atoms with Gasteiger partial charge in [0.05, 0.1) is 5.69 Å². The number of aliphatic carboxylic acids is 1. The van der Waals surface area contributed by atoms with E-state index >= 15 is 0 Å². The number of imidazole rings is 1. The number of hydrogen-bond donors (Lipinski definition) is 2. The van der Waals surface area contributed by atoms with Crippen LogP contribution in [0.15, 0.2) is 57.2 Å². The van der Waals surface area contributed by atoms with Crippen LogP contribution in [-0.4, -0.2) is 36.8 Å². The number of halogens is 1. The standard InChI is InChI=1S/C24H22IN7O5/c1-2-10-31-22-20(27-21(28-22)15-4-6-16(7-5-15)37-13-19(33)34)23(35)32(24(31)36)11-9-14-3-8-18(29-30-26)17(25)12-14/h3-8,12H,2,9-11,13H2,1H3,(H,27,28)(H,33,34). The van der Waals surface area contributed by atoms with Crippen molar-refractivity contribution in [1.82, 2.24) is 19.1 Å². The largest absolute Gasteiger partial charge is 0.482 e. The number of carbonyl (C=O) groups is 1. The molecule has 13 heteroatoms. The molecule has 190 valence electrons. The molecule has 0 spiro atoms. The Balaban J connectivity index is 1.69. The average Bonchev–Trinajstić information content (AvgIpc) is 3.33. The Morgan fingerprint density at radius 3 is 2.59 bits per heavy atom. The quantitative estimate of drug-likeness (QED) is 0.117. The number of fused-ring (bicyclic) bond motifs is 1. The number of ether oxygens (including phenoxy) is 1. The Kier molecular flexibility index (Phi) is 7.94. The zero-order valence-electron chi connectivity index (χ0n) is 19.7. The third-order valence-electron chi connectivity index (χ3n) is 5.59. The molecule has 0 bridgehead atoms. The van der Waals surface area contributed by atoms with Gasteiger partial charge in [0.2, 0.25) is 0 Å². The number of rotatable bonds is 10. The molecule has 0 aliphatic carbocycles. The fraction of sp³-hybridized carbons (Fsp3) is 0.250. The van der Waals surface area contributed by atoms with Crippen molar-refractivity contribution >= 4 is 45.4 Å². The minimum atomic E-state index is -1.08. The maximum Gasteiger partial charge on any atom is 0.341 e. The first-order valence-electron chi connectivity index (χ1n) is 11.3. The van der Waals surface area contributed by atoms with Crippen LogP contribution in [0.3, 0.4) is 0 Å². The Labute approximate surface area is 223 Å².